The summed E-state index contributed by atoms with van der Waals surface area (Å²) >= 11 is 21.6. The predicted molar refractivity (Wildman–Crippen MR) is 135 cm³/mol. The molecule has 0 aliphatic carbocycles. The van der Waals surface area contributed by atoms with Gasteiger partial charge in [-0.2, -0.15) is 0 Å². The minimum atomic E-state index is -0.821. The number of anilines is 1. The van der Waals surface area contributed by atoms with Gasteiger partial charge in [0.15, 0.2) is 0 Å². The lowest BCUT2D eigenvalue weighted by molar-refractivity contribution is -0.122. The quantitative estimate of drug-likeness (QED) is 0.271. The molecule has 1 aliphatic heterocycles. The molecule has 34 heavy (non-hydrogen) atoms. The normalized spacial score (nSPS) is 15.0. The van der Waals surface area contributed by atoms with Crippen LogP contribution < -0.4 is 15.0 Å². The van der Waals surface area contributed by atoms with Gasteiger partial charge in [0.1, 0.15) is 17.9 Å². The molecule has 1 heterocycles. The molecule has 1 N–H and O–H groups in total. The summed E-state index contributed by atoms with van der Waals surface area (Å²) in [7, 11) is 0. The van der Waals surface area contributed by atoms with Crippen LogP contribution in [0.15, 0.2) is 70.7 Å². The minimum Gasteiger partial charge on any atom is -0.487 e. The summed E-state index contributed by atoms with van der Waals surface area (Å²) in [6.07, 6.45) is 1.37. The number of benzene rings is 3. The maximum Gasteiger partial charge on any atom is 0.335 e. The number of carbonyl (C=O) groups is 3. The van der Waals surface area contributed by atoms with Crippen LogP contribution in [0.4, 0.5) is 10.5 Å². The highest BCUT2D eigenvalue weighted by Gasteiger charge is 2.36. The number of ether oxygens (including phenoxy) is 1. The molecule has 0 radical (unpaired) electrons. The number of carbonyl (C=O) groups excluding carboxylic acids is 3. The molecule has 0 bridgehead atoms. The Hall–Kier alpha value is -2.84. The standard InChI is InChI=1S/C24H14BrCl3N2O4/c25-15-3-5-16(6-4-15)30-23(32)17(22(31)29-24(30)33)9-13-2-8-21(20(28)10-13)34-12-14-1-7-18(26)19(27)11-14/h1-11H,12H2,(H,29,31,33)/b17-9+. The Morgan fingerprint density at radius 2 is 1.62 bits per heavy atom. The molecule has 0 spiro atoms. The van der Waals surface area contributed by atoms with E-state index in [0.717, 1.165) is 14.9 Å². The first kappa shape index (κ1) is 24.3. The Labute approximate surface area is 218 Å². The summed E-state index contributed by atoms with van der Waals surface area (Å²) in [5, 5.41) is 3.33. The van der Waals surface area contributed by atoms with Gasteiger partial charge >= 0.3 is 6.03 Å². The van der Waals surface area contributed by atoms with Gasteiger partial charge in [-0.1, -0.05) is 62.9 Å². The molecular weight excluding hydrogens is 567 g/mol. The van der Waals surface area contributed by atoms with Crippen LogP contribution in [0.1, 0.15) is 11.1 Å². The van der Waals surface area contributed by atoms with Gasteiger partial charge in [-0.05, 0) is 65.7 Å². The summed E-state index contributed by atoms with van der Waals surface area (Å²) in [6.45, 7) is 0.211. The molecular formula is C24H14BrCl3N2O4. The van der Waals surface area contributed by atoms with E-state index in [0.29, 0.717) is 27.0 Å². The SMILES string of the molecule is O=C1NC(=O)N(c2ccc(Br)cc2)C(=O)/C1=C/c1ccc(OCc2ccc(Cl)c(Cl)c2)c(Cl)c1. The second-order valence-corrected chi connectivity index (χ2v) is 9.30. The topological polar surface area (TPSA) is 75.7 Å². The molecule has 4 rings (SSSR count). The van der Waals surface area contributed by atoms with Crippen LogP contribution >= 0.6 is 50.7 Å². The van der Waals surface area contributed by atoms with Gasteiger partial charge in [0.05, 0.1) is 20.8 Å². The van der Waals surface area contributed by atoms with E-state index in [9.17, 15) is 14.4 Å². The number of amides is 4. The number of hydrogen-bond acceptors (Lipinski definition) is 4. The fraction of sp³-hybridized carbons (Fsp3) is 0.0417. The third kappa shape index (κ3) is 5.28. The zero-order valence-corrected chi connectivity index (χ0v) is 21.0. The van der Waals surface area contributed by atoms with Gasteiger partial charge in [0, 0.05) is 4.47 Å². The number of halogens is 4. The third-order valence-corrected chi connectivity index (χ3v) is 6.39. The van der Waals surface area contributed by atoms with Crippen LogP contribution in [0.3, 0.4) is 0 Å². The molecule has 0 atom stereocenters. The highest BCUT2D eigenvalue weighted by atomic mass is 79.9. The zero-order valence-electron chi connectivity index (χ0n) is 17.2. The van der Waals surface area contributed by atoms with E-state index in [-0.39, 0.29) is 17.2 Å². The molecule has 10 heteroatoms. The maximum absolute atomic E-state index is 13.0. The Morgan fingerprint density at radius 1 is 0.882 bits per heavy atom. The van der Waals surface area contributed by atoms with Gasteiger partial charge in [-0.25, -0.2) is 9.69 Å². The molecule has 0 unspecified atom stereocenters. The summed E-state index contributed by atoms with van der Waals surface area (Å²) in [5.41, 5.74) is 1.41. The Kier molecular flexibility index (Phi) is 7.28. The van der Waals surface area contributed by atoms with Gasteiger partial charge < -0.3 is 4.74 Å². The van der Waals surface area contributed by atoms with E-state index in [4.69, 9.17) is 39.5 Å². The van der Waals surface area contributed by atoms with Crippen molar-refractivity contribution in [2.45, 2.75) is 6.61 Å². The number of barbiturate groups is 1. The molecule has 1 saturated heterocycles. The van der Waals surface area contributed by atoms with Crippen LogP contribution in [0, 0.1) is 0 Å². The lowest BCUT2D eigenvalue weighted by atomic mass is 10.1. The van der Waals surface area contributed by atoms with Crippen LogP contribution in [0.25, 0.3) is 6.08 Å². The highest BCUT2D eigenvalue weighted by molar-refractivity contribution is 9.10. The van der Waals surface area contributed by atoms with Crippen LogP contribution in [0.5, 0.6) is 5.75 Å². The van der Waals surface area contributed by atoms with E-state index < -0.39 is 17.8 Å². The summed E-state index contributed by atoms with van der Waals surface area (Å²) < 4.78 is 6.53. The Bertz CT molecular complexity index is 1340. The van der Waals surface area contributed by atoms with E-state index in [1.54, 1.807) is 60.7 Å². The molecule has 0 saturated carbocycles. The van der Waals surface area contributed by atoms with E-state index in [1.807, 2.05) is 0 Å². The Morgan fingerprint density at radius 3 is 2.29 bits per heavy atom. The van der Waals surface area contributed by atoms with Crippen molar-refractivity contribution in [1.82, 2.24) is 5.32 Å². The first-order valence-corrected chi connectivity index (χ1v) is 11.7. The molecule has 3 aromatic rings. The first-order chi connectivity index (χ1) is 16.2. The smallest absolute Gasteiger partial charge is 0.335 e. The summed E-state index contributed by atoms with van der Waals surface area (Å²) in [4.78, 5) is 38.6. The van der Waals surface area contributed by atoms with Crippen molar-refractivity contribution in [3.05, 3.63) is 96.9 Å². The monoisotopic (exact) mass is 578 g/mol. The number of nitrogens with one attached hydrogen (secondary N) is 1. The fourth-order valence-electron chi connectivity index (χ4n) is 3.16. The molecule has 172 valence electrons. The van der Waals surface area contributed by atoms with Crippen molar-refractivity contribution < 1.29 is 19.1 Å². The highest BCUT2D eigenvalue weighted by Crippen LogP contribution is 2.29. The third-order valence-electron chi connectivity index (χ3n) is 4.83. The number of imide groups is 2. The van der Waals surface area contributed by atoms with Crippen molar-refractivity contribution in [1.29, 1.82) is 0 Å². The second kappa shape index (κ2) is 10.2. The molecule has 3 aromatic carbocycles. The first-order valence-electron chi connectivity index (χ1n) is 9.76. The van der Waals surface area contributed by atoms with E-state index in [2.05, 4.69) is 21.2 Å². The van der Waals surface area contributed by atoms with E-state index in [1.165, 1.54) is 6.08 Å². The largest absolute Gasteiger partial charge is 0.487 e. The van der Waals surface area contributed by atoms with Crippen molar-refractivity contribution in [3.8, 4) is 5.75 Å². The molecule has 0 aromatic heterocycles. The van der Waals surface area contributed by atoms with Gasteiger partial charge in [0.25, 0.3) is 11.8 Å². The van der Waals surface area contributed by atoms with Crippen molar-refractivity contribution in [2.24, 2.45) is 0 Å². The lowest BCUT2D eigenvalue weighted by Gasteiger charge is -2.26. The maximum atomic E-state index is 13.0. The van der Waals surface area contributed by atoms with Crippen molar-refractivity contribution in [3.63, 3.8) is 0 Å². The Balaban J connectivity index is 1.55. The lowest BCUT2D eigenvalue weighted by Crippen LogP contribution is -2.54. The molecule has 1 fully saturated rings. The van der Waals surface area contributed by atoms with Crippen molar-refractivity contribution >= 4 is 80.3 Å². The van der Waals surface area contributed by atoms with Crippen LogP contribution in [0.2, 0.25) is 15.1 Å². The number of urea groups is 1. The number of nitrogens with zero attached hydrogens (tertiary/aromatic N) is 1. The fourth-order valence-corrected chi connectivity index (χ4v) is 3.99. The number of rotatable bonds is 5. The molecule has 6 nitrogen and oxygen atoms in total. The van der Waals surface area contributed by atoms with E-state index >= 15 is 0 Å². The van der Waals surface area contributed by atoms with Gasteiger partial charge in [0.2, 0.25) is 0 Å². The molecule has 1 aliphatic rings. The average Bonchev–Trinajstić information content (AvgIpc) is 2.79. The summed E-state index contributed by atoms with van der Waals surface area (Å²) in [5.74, 6) is -1.13. The van der Waals surface area contributed by atoms with Gasteiger partial charge in [-0.15, -0.1) is 0 Å². The van der Waals surface area contributed by atoms with Gasteiger partial charge in [-0.3, -0.25) is 14.9 Å². The summed E-state index contributed by atoms with van der Waals surface area (Å²) in [6, 6.07) is 15.7. The zero-order chi connectivity index (χ0) is 24.4. The minimum absolute atomic E-state index is 0.206. The van der Waals surface area contributed by atoms with Crippen molar-refractivity contribution in [2.75, 3.05) is 4.90 Å². The number of hydrogen-bond donors (Lipinski definition) is 1. The molecule has 4 amide bonds. The second-order valence-electron chi connectivity index (χ2n) is 7.16. The average molecular weight is 581 g/mol. The predicted octanol–water partition coefficient (Wildman–Crippen LogP) is 6.65. The van der Waals surface area contributed by atoms with Crippen LogP contribution in [-0.4, -0.2) is 17.8 Å². The van der Waals surface area contributed by atoms with Crippen LogP contribution in [-0.2, 0) is 16.2 Å².